The maximum Gasteiger partial charge on any atom is 0.410 e. The second-order valence-electron chi connectivity index (χ2n) is 6.38. The van der Waals surface area contributed by atoms with Crippen LogP contribution in [0.25, 0.3) is 0 Å². The topological polar surface area (TPSA) is 29.5 Å². The highest BCUT2D eigenvalue weighted by atomic mass is 16.6. The Bertz CT molecular complexity index is 302. The first-order valence-electron chi connectivity index (χ1n) is 6.30. The molecule has 0 aliphatic carbocycles. The van der Waals surface area contributed by atoms with Crippen LogP contribution < -0.4 is 0 Å². The summed E-state index contributed by atoms with van der Waals surface area (Å²) in [7, 11) is 0. The van der Waals surface area contributed by atoms with E-state index in [1.807, 2.05) is 31.7 Å². The van der Waals surface area contributed by atoms with Crippen LogP contribution in [0.2, 0.25) is 0 Å². The quantitative estimate of drug-likeness (QED) is 0.687. The number of hydrogen-bond acceptors (Lipinski definition) is 2. The Kier molecular flexibility index (Phi) is 3.90. The molecule has 0 radical (unpaired) electrons. The molecule has 17 heavy (non-hydrogen) atoms. The van der Waals surface area contributed by atoms with E-state index < -0.39 is 5.60 Å². The lowest BCUT2D eigenvalue weighted by Gasteiger charge is -2.36. The van der Waals surface area contributed by atoms with Crippen molar-refractivity contribution in [1.29, 1.82) is 0 Å². The van der Waals surface area contributed by atoms with Gasteiger partial charge in [-0.1, -0.05) is 6.08 Å². The summed E-state index contributed by atoms with van der Waals surface area (Å²) in [5.41, 5.74) is -0.551. The van der Waals surface area contributed by atoms with E-state index in [1.165, 1.54) is 0 Å². The molecule has 1 aliphatic rings. The van der Waals surface area contributed by atoms with Gasteiger partial charge < -0.3 is 4.74 Å². The highest BCUT2D eigenvalue weighted by Gasteiger charge is 2.43. The molecule has 0 bridgehead atoms. The molecule has 0 saturated carbocycles. The van der Waals surface area contributed by atoms with E-state index in [-0.39, 0.29) is 17.7 Å². The zero-order valence-corrected chi connectivity index (χ0v) is 11.7. The van der Waals surface area contributed by atoms with Crippen molar-refractivity contribution in [2.24, 2.45) is 0 Å². The second-order valence-corrected chi connectivity index (χ2v) is 6.38. The molecule has 0 aromatic carbocycles. The Balaban J connectivity index is 2.82. The molecule has 0 aromatic heterocycles. The van der Waals surface area contributed by atoms with Gasteiger partial charge in [0.05, 0.1) is 0 Å². The van der Waals surface area contributed by atoms with Gasteiger partial charge in [-0.2, -0.15) is 0 Å². The molecule has 3 heteroatoms. The molecule has 1 aliphatic heterocycles. The van der Waals surface area contributed by atoms with Gasteiger partial charge in [-0.3, -0.25) is 4.90 Å². The lowest BCUT2D eigenvalue weighted by atomic mass is 10.0. The van der Waals surface area contributed by atoms with Gasteiger partial charge in [-0.15, -0.1) is 6.58 Å². The summed E-state index contributed by atoms with van der Waals surface area (Å²) < 4.78 is 5.49. The summed E-state index contributed by atoms with van der Waals surface area (Å²) in [5, 5.41) is 0. The van der Waals surface area contributed by atoms with Crippen molar-refractivity contribution in [1.82, 2.24) is 4.90 Å². The van der Waals surface area contributed by atoms with Gasteiger partial charge in [0.2, 0.25) is 0 Å². The van der Waals surface area contributed by atoms with E-state index in [9.17, 15) is 4.79 Å². The average molecular weight is 239 g/mol. The second kappa shape index (κ2) is 4.71. The number of likely N-dealkylation sites (tertiary alicyclic amines) is 1. The minimum Gasteiger partial charge on any atom is -0.444 e. The molecule has 3 nitrogen and oxygen atoms in total. The fourth-order valence-corrected chi connectivity index (χ4v) is 2.39. The van der Waals surface area contributed by atoms with Gasteiger partial charge >= 0.3 is 6.09 Å². The third-order valence-electron chi connectivity index (χ3n) is 3.14. The first-order chi connectivity index (χ1) is 7.67. The monoisotopic (exact) mass is 239 g/mol. The Labute approximate surface area is 105 Å². The molecule has 0 spiro atoms. The van der Waals surface area contributed by atoms with Crippen molar-refractivity contribution in [3.8, 4) is 0 Å². The number of carbonyl (C=O) groups excluding carboxylic acids is 1. The fourth-order valence-electron chi connectivity index (χ4n) is 2.39. The Morgan fingerprint density at radius 1 is 1.53 bits per heavy atom. The van der Waals surface area contributed by atoms with Crippen LogP contribution >= 0.6 is 0 Å². The van der Waals surface area contributed by atoms with Crippen LogP contribution in [0.15, 0.2) is 12.7 Å². The minimum atomic E-state index is -0.436. The van der Waals surface area contributed by atoms with Crippen LogP contribution in [0.5, 0.6) is 0 Å². The van der Waals surface area contributed by atoms with Crippen molar-refractivity contribution >= 4 is 6.09 Å². The highest BCUT2D eigenvalue weighted by Crippen LogP contribution is 2.36. The molecule has 0 aromatic rings. The average Bonchev–Trinajstić information content (AvgIpc) is 2.39. The third kappa shape index (κ3) is 3.48. The van der Waals surface area contributed by atoms with Crippen molar-refractivity contribution in [3.63, 3.8) is 0 Å². The SMILES string of the molecule is C=CC[C@@H]1CCC(C)(C)N1C(=O)OC(C)(C)C. The van der Waals surface area contributed by atoms with E-state index in [0.717, 1.165) is 19.3 Å². The predicted octanol–water partition coefficient (Wildman–Crippen LogP) is 3.74. The minimum absolute atomic E-state index is 0.115. The Morgan fingerprint density at radius 2 is 2.12 bits per heavy atom. The molecule has 1 atom stereocenters. The van der Waals surface area contributed by atoms with E-state index >= 15 is 0 Å². The maximum absolute atomic E-state index is 12.2. The number of ether oxygens (including phenoxy) is 1. The summed E-state index contributed by atoms with van der Waals surface area (Å²) in [6, 6.07) is 0.234. The van der Waals surface area contributed by atoms with Crippen molar-refractivity contribution in [2.75, 3.05) is 0 Å². The van der Waals surface area contributed by atoms with E-state index in [2.05, 4.69) is 20.4 Å². The summed E-state index contributed by atoms with van der Waals surface area (Å²) in [6.07, 6.45) is 4.56. The van der Waals surface area contributed by atoms with Gasteiger partial charge in [-0.05, 0) is 53.9 Å². The molecule has 1 amide bonds. The number of amides is 1. The first kappa shape index (κ1) is 14.1. The van der Waals surface area contributed by atoms with E-state index in [0.29, 0.717) is 0 Å². The van der Waals surface area contributed by atoms with Crippen LogP contribution in [0.4, 0.5) is 4.79 Å². The molecule has 1 saturated heterocycles. The first-order valence-corrected chi connectivity index (χ1v) is 6.30. The van der Waals surface area contributed by atoms with Crippen LogP contribution in [0.3, 0.4) is 0 Å². The van der Waals surface area contributed by atoms with Gasteiger partial charge in [0.15, 0.2) is 0 Å². The smallest absolute Gasteiger partial charge is 0.410 e. The molecule has 98 valence electrons. The molecule has 1 fully saturated rings. The zero-order valence-electron chi connectivity index (χ0n) is 11.7. The van der Waals surface area contributed by atoms with Gasteiger partial charge in [0.1, 0.15) is 5.60 Å². The fraction of sp³-hybridized carbons (Fsp3) is 0.786. The Hall–Kier alpha value is -0.990. The van der Waals surface area contributed by atoms with Crippen molar-refractivity contribution < 1.29 is 9.53 Å². The lowest BCUT2D eigenvalue weighted by Crippen LogP contribution is -2.49. The van der Waals surface area contributed by atoms with Gasteiger partial charge in [0, 0.05) is 11.6 Å². The van der Waals surface area contributed by atoms with Gasteiger partial charge in [0.25, 0.3) is 0 Å². The molecule has 1 rings (SSSR count). The predicted molar refractivity (Wildman–Crippen MR) is 70.0 cm³/mol. The molecule has 1 heterocycles. The normalized spacial score (nSPS) is 23.6. The van der Waals surface area contributed by atoms with Crippen LogP contribution in [-0.4, -0.2) is 28.2 Å². The Morgan fingerprint density at radius 3 is 2.59 bits per heavy atom. The standard InChI is InChI=1S/C14H25NO2/c1-7-8-11-9-10-14(5,6)15(11)12(16)17-13(2,3)4/h7,11H,1,8-10H2,2-6H3/t11-/m1/s1. The summed E-state index contributed by atoms with van der Waals surface area (Å²) in [4.78, 5) is 14.1. The lowest BCUT2D eigenvalue weighted by molar-refractivity contribution is 0.00413. The van der Waals surface area contributed by atoms with Crippen LogP contribution in [0.1, 0.15) is 53.9 Å². The summed E-state index contributed by atoms with van der Waals surface area (Å²) >= 11 is 0. The number of hydrogen-bond donors (Lipinski definition) is 0. The van der Waals surface area contributed by atoms with Gasteiger partial charge in [-0.25, -0.2) is 4.79 Å². The van der Waals surface area contributed by atoms with Crippen molar-refractivity contribution in [3.05, 3.63) is 12.7 Å². The maximum atomic E-state index is 12.2. The largest absolute Gasteiger partial charge is 0.444 e. The number of rotatable bonds is 2. The van der Waals surface area contributed by atoms with E-state index in [1.54, 1.807) is 0 Å². The van der Waals surface area contributed by atoms with Crippen LogP contribution in [0, 0.1) is 0 Å². The number of nitrogens with zero attached hydrogens (tertiary/aromatic N) is 1. The molecular formula is C14H25NO2. The molecule has 0 N–H and O–H groups in total. The molecule has 0 unspecified atom stereocenters. The van der Waals surface area contributed by atoms with E-state index in [4.69, 9.17) is 4.74 Å². The third-order valence-corrected chi connectivity index (χ3v) is 3.14. The highest BCUT2D eigenvalue weighted by molar-refractivity contribution is 5.70. The van der Waals surface area contributed by atoms with Crippen molar-refractivity contribution in [2.45, 2.75) is 71.1 Å². The zero-order chi connectivity index (χ0) is 13.3. The summed E-state index contributed by atoms with van der Waals surface area (Å²) in [6.45, 7) is 13.7. The number of carbonyl (C=O) groups is 1. The summed E-state index contributed by atoms with van der Waals surface area (Å²) in [5.74, 6) is 0. The van der Waals surface area contributed by atoms with Crippen LogP contribution in [-0.2, 0) is 4.74 Å². The molecular weight excluding hydrogens is 214 g/mol.